The molecule has 3 atom stereocenters. The van der Waals surface area contributed by atoms with Crippen LogP contribution >= 0.6 is 0 Å². The van der Waals surface area contributed by atoms with Gasteiger partial charge in [0.25, 0.3) is 0 Å². The summed E-state index contributed by atoms with van der Waals surface area (Å²) in [4.78, 5) is 15.3. The van der Waals surface area contributed by atoms with Crippen molar-refractivity contribution in [3.63, 3.8) is 0 Å². The van der Waals surface area contributed by atoms with E-state index in [0.717, 1.165) is 30.8 Å². The maximum absolute atomic E-state index is 12.8. The highest BCUT2D eigenvalue weighted by molar-refractivity contribution is 5.79. The van der Waals surface area contributed by atoms with Gasteiger partial charge in [0.2, 0.25) is 5.91 Å². The Morgan fingerprint density at radius 2 is 2.04 bits per heavy atom. The Bertz CT molecular complexity index is 599. The van der Waals surface area contributed by atoms with Crippen LogP contribution in [0.25, 0.3) is 0 Å². The zero-order valence-corrected chi connectivity index (χ0v) is 16.2. The minimum atomic E-state index is -0.0353. The Morgan fingerprint density at radius 1 is 1.31 bits per heavy atom. The molecule has 0 saturated carbocycles. The molecular weight excluding hydrogens is 328 g/mol. The van der Waals surface area contributed by atoms with Crippen LogP contribution in [0.3, 0.4) is 0 Å². The van der Waals surface area contributed by atoms with Crippen molar-refractivity contribution in [3.8, 4) is 5.75 Å². The van der Waals surface area contributed by atoms with Crippen LogP contribution in [-0.4, -0.2) is 50.3 Å². The molecule has 2 heterocycles. The SMILES string of the molecule is COc1ccccc1C(CNC(=O)C1CCOC1C(C)C)N1CCCC1. The summed E-state index contributed by atoms with van der Waals surface area (Å²) in [6, 6.07) is 8.30. The van der Waals surface area contributed by atoms with E-state index in [9.17, 15) is 4.79 Å². The van der Waals surface area contributed by atoms with E-state index < -0.39 is 0 Å². The summed E-state index contributed by atoms with van der Waals surface area (Å²) >= 11 is 0. The van der Waals surface area contributed by atoms with Crippen molar-refractivity contribution in [2.24, 2.45) is 11.8 Å². The van der Waals surface area contributed by atoms with Gasteiger partial charge in [0.1, 0.15) is 5.75 Å². The lowest BCUT2D eigenvalue weighted by Gasteiger charge is -2.30. The molecule has 0 radical (unpaired) electrons. The molecule has 2 aliphatic rings. The number of benzene rings is 1. The monoisotopic (exact) mass is 360 g/mol. The molecule has 144 valence electrons. The van der Waals surface area contributed by atoms with Gasteiger partial charge in [0, 0.05) is 18.7 Å². The molecule has 0 spiro atoms. The van der Waals surface area contributed by atoms with Gasteiger partial charge < -0.3 is 14.8 Å². The normalized spacial score (nSPS) is 24.8. The summed E-state index contributed by atoms with van der Waals surface area (Å²) in [6.07, 6.45) is 3.28. The number of rotatable bonds is 7. The summed E-state index contributed by atoms with van der Waals surface area (Å²) in [7, 11) is 1.71. The number of hydrogen-bond donors (Lipinski definition) is 1. The van der Waals surface area contributed by atoms with Crippen molar-refractivity contribution in [2.75, 3.05) is 33.4 Å². The van der Waals surface area contributed by atoms with Gasteiger partial charge in [0.05, 0.1) is 25.2 Å². The second-order valence-electron chi connectivity index (χ2n) is 7.72. The van der Waals surface area contributed by atoms with Crippen LogP contribution in [0, 0.1) is 11.8 Å². The molecule has 1 aromatic rings. The van der Waals surface area contributed by atoms with Crippen molar-refractivity contribution in [3.05, 3.63) is 29.8 Å². The quantitative estimate of drug-likeness (QED) is 0.812. The topological polar surface area (TPSA) is 50.8 Å². The zero-order valence-electron chi connectivity index (χ0n) is 16.2. The first-order chi connectivity index (χ1) is 12.6. The fourth-order valence-corrected chi connectivity index (χ4v) is 4.31. The number of nitrogens with zero attached hydrogens (tertiary/aromatic N) is 1. The van der Waals surface area contributed by atoms with E-state index in [1.807, 2.05) is 18.2 Å². The average molecular weight is 360 g/mol. The number of amides is 1. The molecule has 1 amide bonds. The highest BCUT2D eigenvalue weighted by Crippen LogP contribution is 2.32. The number of ether oxygens (including phenoxy) is 2. The standard InChI is InChI=1S/C21H32N2O3/c1-15(2)20-17(10-13-26-20)21(24)22-14-18(23-11-6-7-12-23)16-8-4-5-9-19(16)25-3/h4-5,8-9,15,17-18,20H,6-7,10-14H2,1-3H3,(H,22,24). The van der Waals surface area contributed by atoms with Crippen LogP contribution in [-0.2, 0) is 9.53 Å². The van der Waals surface area contributed by atoms with E-state index in [0.29, 0.717) is 19.1 Å². The van der Waals surface area contributed by atoms with E-state index in [2.05, 4.69) is 30.1 Å². The summed E-state index contributed by atoms with van der Waals surface area (Å²) < 4.78 is 11.4. The van der Waals surface area contributed by atoms with Crippen LogP contribution in [0.4, 0.5) is 0 Å². The molecule has 1 N–H and O–H groups in total. The number of para-hydroxylation sites is 1. The first kappa shape index (κ1) is 19.2. The van der Waals surface area contributed by atoms with Gasteiger partial charge in [-0.15, -0.1) is 0 Å². The molecule has 3 rings (SSSR count). The van der Waals surface area contributed by atoms with Crippen molar-refractivity contribution in [1.29, 1.82) is 0 Å². The number of carbonyl (C=O) groups is 1. The number of carbonyl (C=O) groups excluding carboxylic acids is 1. The molecule has 3 unspecified atom stereocenters. The third kappa shape index (κ3) is 4.21. The number of likely N-dealkylation sites (tertiary alicyclic amines) is 1. The Labute approximate surface area is 157 Å². The van der Waals surface area contributed by atoms with Gasteiger partial charge in [0.15, 0.2) is 0 Å². The third-order valence-corrected chi connectivity index (χ3v) is 5.68. The van der Waals surface area contributed by atoms with Crippen LogP contribution in [0.2, 0.25) is 0 Å². The summed E-state index contributed by atoms with van der Waals surface area (Å²) in [5.74, 6) is 1.34. The number of nitrogens with one attached hydrogen (secondary N) is 1. The summed E-state index contributed by atoms with van der Waals surface area (Å²) in [5.41, 5.74) is 1.15. The van der Waals surface area contributed by atoms with Gasteiger partial charge in [-0.2, -0.15) is 0 Å². The maximum Gasteiger partial charge on any atom is 0.225 e. The van der Waals surface area contributed by atoms with Gasteiger partial charge >= 0.3 is 0 Å². The first-order valence-corrected chi connectivity index (χ1v) is 9.88. The first-order valence-electron chi connectivity index (χ1n) is 9.88. The van der Waals surface area contributed by atoms with Gasteiger partial charge in [-0.3, -0.25) is 9.69 Å². The Hall–Kier alpha value is -1.59. The van der Waals surface area contributed by atoms with E-state index in [-0.39, 0.29) is 24.0 Å². The van der Waals surface area contributed by atoms with E-state index >= 15 is 0 Å². The fraction of sp³-hybridized carbons (Fsp3) is 0.667. The van der Waals surface area contributed by atoms with E-state index in [4.69, 9.17) is 9.47 Å². The molecule has 26 heavy (non-hydrogen) atoms. The molecule has 5 heteroatoms. The number of methoxy groups -OCH3 is 1. The predicted molar refractivity (Wildman–Crippen MR) is 102 cm³/mol. The minimum absolute atomic E-state index is 0.0338. The Kier molecular flexibility index (Phi) is 6.54. The fourth-order valence-electron chi connectivity index (χ4n) is 4.31. The largest absolute Gasteiger partial charge is 0.496 e. The van der Waals surface area contributed by atoms with Crippen molar-refractivity contribution in [2.45, 2.75) is 45.3 Å². The van der Waals surface area contributed by atoms with Crippen LogP contribution in [0.5, 0.6) is 5.75 Å². The average Bonchev–Trinajstić information content (AvgIpc) is 3.34. The molecule has 2 saturated heterocycles. The molecule has 1 aromatic carbocycles. The molecule has 0 bridgehead atoms. The molecule has 0 aliphatic carbocycles. The molecule has 5 nitrogen and oxygen atoms in total. The van der Waals surface area contributed by atoms with Crippen molar-refractivity contribution < 1.29 is 14.3 Å². The molecule has 2 aliphatic heterocycles. The van der Waals surface area contributed by atoms with Crippen LogP contribution in [0.15, 0.2) is 24.3 Å². The van der Waals surface area contributed by atoms with Gasteiger partial charge in [-0.1, -0.05) is 32.0 Å². The van der Waals surface area contributed by atoms with E-state index in [1.165, 1.54) is 12.8 Å². The maximum atomic E-state index is 12.8. The lowest BCUT2D eigenvalue weighted by molar-refractivity contribution is -0.127. The van der Waals surface area contributed by atoms with Crippen molar-refractivity contribution in [1.82, 2.24) is 10.2 Å². The summed E-state index contributed by atoms with van der Waals surface area (Å²) in [6.45, 7) is 7.68. The third-order valence-electron chi connectivity index (χ3n) is 5.68. The molecular formula is C21H32N2O3. The summed E-state index contributed by atoms with van der Waals surface area (Å²) in [5, 5.41) is 3.22. The van der Waals surface area contributed by atoms with Gasteiger partial charge in [-0.05, 0) is 44.3 Å². The van der Waals surface area contributed by atoms with Gasteiger partial charge in [-0.25, -0.2) is 0 Å². The second-order valence-corrected chi connectivity index (χ2v) is 7.72. The Balaban J connectivity index is 1.71. The Morgan fingerprint density at radius 3 is 2.73 bits per heavy atom. The molecule has 2 fully saturated rings. The smallest absolute Gasteiger partial charge is 0.225 e. The zero-order chi connectivity index (χ0) is 18.5. The van der Waals surface area contributed by atoms with Crippen molar-refractivity contribution >= 4 is 5.91 Å². The lowest BCUT2D eigenvalue weighted by Crippen LogP contribution is -2.42. The lowest BCUT2D eigenvalue weighted by atomic mass is 9.92. The minimum Gasteiger partial charge on any atom is -0.496 e. The van der Waals surface area contributed by atoms with Crippen LogP contribution in [0.1, 0.15) is 44.7 Å². The second kappa shape index (κ2) is 8.87. The van der Waals surface area contributed by atoms with Crippen LogP contribution < -0.4 is 10.1 Å². The molecule has 0 aromatic heterocycles. The highest BCUT2D eigenvalue weighted by atomic mass is 16.5. The predicted octanol–water partition coefficient (Wildman–Crippen LogP) is 3.01. The highest BCUT2D eigenvalue weighted by Gasteiger charge is 2.36. The van der Waals surface area contributed by atoms with E-state index in [1.54, 1.807) is 7.11 Å². The number of hydrogen-bond acceptors (Lipinski definition) is 4.